The highest BCUT2D eigenvalue weighted by Crippen LogP contribution is 2.16. The first-order valence-electron chi connectivity index (χ1n) is 5.94. The highest BCUT2D eigenvalue weighted by molar-refractivity contribution is 5.20. The fraction of sp³-hybridized carbons (Fsp3) is 0.538. The van der Waals surface area contributed by atoms with E-state index in [1.165, 1.54) is 6.07 Å². The standard InChI is InChI=1S/C13H18FNO2/c1-10(12-4-2-3-5-13(12)14)15-8-11-9-16-6-7-17-11/h2-5,10-11,15H,6-9H2,1H3. The summed E-state index contributed by atoms with van der Waals surface area (Å²) in [6, 6.07) is 6.79. The van der Waals surface area contributed by atoms with Crippen LogP contribution < -0.4 is 5.32 Å². The molecule has 1 saturated heterocycles. The third kappa shape index (κ3) is 3.49. The number of benzene rings is 1. The lowest BCUT2D eigenvalue weighted by Gasteiger charge is -2.25. The molecule has 1 heterocycles. The molecule has 2 atom stereocenters. The molecule has 0 aliphatic carbocycles. The van der Waals surface area contributed by atoms with Gasteiger partial charge in [0.05, 0.1) is 25.9 Å². The Hall–Kier alpha value is -0.970. The summed E-state index contributed by atoms with van der Waals surface area (Å²) in [6.45, 7) is 4.54. The van der Waals surface area contributed by atoms with E-state index in [0.717, 1.165) is 0 Å². The number of rotatable bonds is 4. The van der Waals surface area contributed by atoms with E-state index in [2.05, 4.69) is 5.32 Å². The van der Waals surface area contributed by atoms with Gasteiger partial charge in [0.2, 0.25) is 0 Å². The minimum Gasteiger partial charge on any atom is -0.376 e. The molecule has 0 radical (unpaired) electrons. The van der Waals surface area contributed by atoms with E-state index in [9.17, 15) is 4.39 Å². The maximum absolute atomic E-state index is 13.5. The predicted octanol–water partition coefficient (Wildman–Crippen LogP) is 1.89. The van der Waals surface area contributed by atoms with E-state index in [0.29, 0.717) is 31.9 Å². The molecule has 1 N–H and O–H groups in total. The summed E-state index contributed by atoms with van der Waals surface area (Å²) in [4.78, 5) is 0. The number of halogens is 1. The van der Waals surface area contributed by atoms with E-state index in [1.807, 2.05) is 13.0 Å². The van der Waals surface area contributed by atoms with Crippen molar-refractivity contribution in [1.29, 1.82) is 0 Å². The van der Waals surface area contributed by atoms with Crippen LogP contribution in [-0.2, 0) is 9.47 Å². The molecular weight excluding hydrogens is 221 g/mol. The third-order valence-corrected chi connectivity index (χ3v) is 2.91. The normalized spacial score (nSPS) is 22.4. The molecule has 1 aliphatic heterocycles. The molecular formula is C13H18FNO2. The first-order valence-corrected chi connectivity index (χ1v) is 5.94. The second-order valence-corrected chi connectivity index (χ2v) is 4.22. The summed E-state index contributed by atoms with van der Waals surface area (Å²) < 4.78 is 24.3. The van der Waals surface area contributed by atoms with E-state index < -0.39 is 0 Å². The Morgan fingerprint density at radius 3 is 2.94 bits per heavy atom. The van der Waals surface area contributed by atoms with Gasteiger partial charge in [-0.15, -0.1) is 0 Å². The zero-order valence-corrected chi connectivity index (χ0v) is 9.99. The Labute approximate surface area is 101 Å². The molecule has 94 valence electrons. The molecule has 1 fully saturated rings. The van der Waals surface area contributed by atoms with E-state index in [4.69, 9.17) is 9.47 Å². The summed E-state index contributed by atoms with van der Waals surface area (Å²) in [5, 5.41) is 3.26. The number of hydrogen-bond donors (Lipinski definition) is 1. The molecule has 1 aromatic carbocycles. The highest BCUT2D eigenvalue weighted by Gasteiger charge is 2.16. The van der Waals surface area contributed by atoms with Crippen LogP contribution in [0.25, 0.3) is 0 Å². The molecule has 0 spiro atoms. The van der Waals surface area contributed by atoms with Crippen molar-refractivity contribution in [3.63, 3.8) is 0 Å². The molecule has 2 unspecified atom stereocenters. The summed E-state index contributed by atoms with van der Waals surface area (Å²) in [5.41, 5.74) is 0.684. The van der Waals surface area contributed by atoms with E-state index in [-0.39, 0.29) is 18.0 Å². The number of ether oxygens (including phenoxy) is 2. The Bertz CT molecular complexity index is 353. The largest absolute Gasteiger partial charge is 0.376 e. The molecule has 0 aromatic heterocycles. The molecule has 0 bridgehead atoms. The van der Waals surface area contributed by atoms with Crippen molar-refractivity contribution in [2.45, 2.75) is 19.1 Å². The Morgan fingerprint density at radius 2 is 2.24 bits per heavy atom. The molecule has 1 aliphatic rings. The Kier molecular flexibility index (Phi) is 4.48. The zero-order valence-electron chi connectivity index (χ0n) is 9.99. The minimum absolute atomic E-state index is 0.0262. The van der Waals surface area contributed by atoms with Crippen LogP contribution in [0.5, 0.6) is 0 Å². The van der Waals surface area contributed by atoms with E-state index in [1.54, 1.807) is 12.1 Å². The first kappa shape index (κ1) is 12.5. The number of nitrogens with one attached hydrogen (secondary N) is 1. The van der Waals surface area contributed by atoms with Gasteiger partial charge < -0.3 is 14.8 Å². The second kappa shape index (κ2) is 6.10. The summed E-state index contributed by atoms with van der Waals surface area (Å²) in [7, 11) is 0. The Morgan fingerprint density at radius 1 is 1.41 bits per heavy atom. The van der Waals surface area contributed by atoms with Gasteiger partial charge in [0.15, 0.2) is 0 Å². The monoisotopic (exact) mass is 239 g/mol. The first-order chi connectivity index (χ1) is 8.27. The lowest BCUT2D eigenvalue weighted by molar-refractivity contribution is -0.0870. The lowest BCUT2D eigenvalue weighted by atomic mass is 10.1. The van der Waals surface area contributed by atoms with Crippen LogP contribution in [0.1, 0.15) is 18.5 Å². The highest BCUT2D eigenvalue weighted by atomic mass is 19.1. The predicted molar refractivity (Wildman–Crippen MR) is 63.4 cm³/mol. The molecule has 0 amide bonds. The lowest BCUT2D eigenvalue weighted by Crippen LogP contribution is -2.38. The van der Waals surface area contributed by atoms with Crippen LogP contribution >= 0.6 is 0 Å². The fourth-order valence-electron chi connectivity index (χ4n) is 1.90. The van der Waals surface area contributed by atoms with Gasteiger partial charge in [-0.2, -0.15) is 0 Å². The van der Waals surface area contributed by atoms with Crippen molar-refractivity contribution in [1.82, 2.24) is 5.32 Å². The zero-order chi connectivity index (χ0) is 12.1. The van der Waals surface area contributed by atoms with Gasteiger partial charge in [0, 0.05) is 18.2 Å². The van der Waals surface area contributed by atoms with Crippen LogP contribution in [0, 0.1) is 5.82 Å². The molecule has 4 heteroatoms. The van der Waals surface area contributed by atoms with Gasteiger partial charge in [0.1, 0.15) is 5.82 Å². The SMILES string of the molecule is CC(NCC1COCCO1)c1ccccc1F. The Balaban J connectivity index is 1.84. The molecule has 17 heavy (non-hydrogen) atoms. The van der Waals surface area contributed by atoms with Crippen molar-refractivity contribution < 1.29 is 13.9 Å². The van der Waals surface area contributed by atoms with Crippen molar-refractivity contribution >= 4 is 0 Å². The van der Waals surface area contributed by atoms with Gasteiger partial charge in [-0.25, -0.2) is 4.39 Å². The van der Waals surface area contributed by atoms with Gasteiger partial charge in [-0.1, -0.05) is 18.2 Å². The average Bonchev–Trinajstić information content (AvgIpc) is 2.38. The maximum atomic E-state index is 13.5. The quantitative estimate of drug-likeness (QED) is 0.870. The van der Waals surface area contributed by atoms with Crippen LogP contribution in [0.15, 0.2) is 24.3 Å². The van der Waals surface area contributed by atoms with Crippen LogP contribution in [0.4, 0.5) is 4.39 Å². The minimum atomic E-state index is -0.173. The van der Waals surface area contributed by atoms with Gasteiger partial charge in [-0.05, 0) is 13.0 Å². The molecule has 0 saturated carbocycles. The maximum Gasteiger partial charge on any atom is 0.127 e. The van der Waals surface area contributed by atoms with Crippen LogP contribution in [0.2, 0.25) is 0 Å². The van der Waals surface area contributed by atoms with Gasteiger partial charge >= 0.3 is 0 Å². The van der Waals surface area contributed by atoms with Crippen LogP contribution in [0.3, 0.4) is 0 Å². The van der Waals surface area contributed by atoms with Gasteiger partial charge in [-0.3, -0.25) is 0 Å². The van der Waals surface area contributed by atoms with Crippen molar-refractivity contribution in [3.05, 3.63) is 35.6 Å². The molecule has 2 rings (SSSR count). The number of hydrogen-bond acceptors (Lipinski definition) is 3. The summed E-state index contributed by atoms with van der Waals surface area (Å²) in [6.07, 6.45) is 0.0676. The second-order valence-electron chi connectivity index (χ2n) is 4.22. The molecule has 1 aromatic rings. The summed E-state index contributed by atoms with van der Waals surface area (Å²) >= 11 is 0. The molecule has 3 nitrogen and oxygen atoms in total. The van der Waals surface area contributed by atoms with Crippen molar-refractivity contribution in [2.75, 3.05) is 26.4 Å². The van der Waals surface area contributed by atoms with Crippen molar-refractivity contribution in [2.24, 2.45) is 0 Å². The van der Waals surface area contributed by atoms with Crippen LogP contribution in [-0.4, -0.2) is 32.5 Å². The summed E-state index contributed by atoms with van der Waals surface area (Å²) in [5.74, 6) is -0.173. The third-order valence-electron chi connectivity index (χ3n) is 2.91. The fourth-order valence-corrected chi connectivity index (χ4v) is 1.90. The van der Waals surface area contributed by atoms with Gasteiger partial charge in [0.25, 0.3) is 0 Å². The van der Waals surface area contributed by atoms with Crippen molar-refractivity contribution in [3.8, 4) is 0 Å². The average molecular weight is 239 g/mol. The van der Waals surface area contributed by atoms with E-state index >= 15 is 0 Å². The smallest absolute Gasteiger partial charge is 0.127 e. The topological polar surface area (TPSA) is 30.5 Å².